The lowest BCUT2D eigenvalue weighted by Crippen LogP contribution is -2.15. The molecule has 108 valence electrons. The van der Waals surface area contributed by atoms with Crippen molar-refractivity contribution < 1.29 is 9.59 Å². The van der Waals surface area contributed by atoms with E-state index in [1.165, 1.54) is 0 Å². The molecule has 0 saturated heterocycles. The van der Waals surface area contributed by atoms with Crippen LogP contribution in [0, 0.1) is 6.92 Å². The highest BCUT2D eigenvalue weighted by Gasteiger charge is 2.12. The molecule has 0 heterocycles. The lowest BCUT2D eigenvalue weighted by atomic mass is 10.1. The van der Waals surface area contributed by atoms with Gasteiger partial charge in [-0.15, -0.1) is 0 Å². The number of amides is 2. The number of anilines is 2. The van der Waals surface area contributed by atoms with Gasteiger partial charge in [0.25, 0.3) is 5.91 Å². The van der Waals surface area contributed by atoms with Crippen molar-refractivity contribution in [3.63, 3.8) is 0 Å². The Morgan fingerprint density at radius 2 is 1.76 bits per heavy atom. The van der Waals surface area contributed by atoms with Crippen LogP contribution < -0.4 is 16.8 Å². The van der Waals surface area contributed by atoms with Crippen molar-refractivity contribution in [1.82, 2.24) is 0 Å². The SMILES string of the molecule is Cc1c(N)cc(Br)cc1C(=O)Nc1ccc(C(N)=O)cc1. The number of benzene rings is 2. The van der Waals surface area contributed by atoms with Crippen molar-refractivity contribution in [2.24, 2.45) is 5.73 Å². The summed E-state index contributed by atoms with van der Waals surface area (Å²) < 4.78 is 0.736. The third-order valence-electron chi connectivity index (χ3n) is 3.08. The maximum atomic E-state index is 12.3. The van der Waals surface area contributed by atoms with Crippen LogP contribution in [0.25, 0.3) is 0 Å². The van der Waals surface area contributed by atoms with Crippen molar-refractivity contribution >= 4 is 39.1 Å². The molecule has 2 amide bonds. The summed E-state index contributed by atoms with van der Waals surface area (Å²) in [6.45, 7) is 1.78. The lowest BCUT2D eigenvalue weighted by molar-refractivity contribution is 0.0998. The fourth-order valence-corrected chi connectivity index (χ4v) is 2.33. The van der Waals surface area contributed by atoms with Gasteiger partial charge in [0.05, 0.1) is 0 Å². The van der Waals surface area contributed by atoms with Gasteiger partial charge >= 0.3 is 0 Å². The summed E-state index contributed by atoms with van der Waals surface area (Å²) in [5.41, 5.74) is 13.7. The smallest absolute Gasteiger partial charge is 0.256 e. The van der Waals surface area contributed by atoms with E-state index in [1.54, 1.807) is 43.3 Å². The minimum absolute atomic E-state index is 0.271. The monoisotopic (exact) mass is 347 g/mol. The molecule has 0 aliphatic rings. The Hall–Kier alpha value is -2.34. The van der Waals surface area contributed by atoms with Crippen LogP contribution in [0.15, 0.2) is 40.9 Å². The first-order chi connectivity index (χ1) is 9.88. The van der Waals surface area contributed by atoms with Gasteiger partial charge in [-0.1, -0.05) is 15.9 Å². The molecule has 0 spiro atoms. The second-order valence-electron chi connectivity index (χ2n) is 4.56. The van der Waals surface area contributed by atoms with Gasteiger partial charge in [-0.25, -0.2) is 0 Å². The van der Waals surface area contributed by atoms with Crippen molar-refractivity contribution in [3.8, 4) is 0 Å². The summed E-state index contributed by atoms with van der Waals surface area (Å²) in [6, 6.07) is 9.80. The topological polar surface area (TPSA) is 98.2 Å². The molecule has 0 atom stereocenters. The van der Waals surface area contributed by atoms with Gasteiger partial charge in [0.2, 0.25) is 5.91 Å². The molecule has 0 aromatic heterocycles. The normalized spacial score (nSPS) is 10.2. The van der Waals surface area contributed by atoms with Crippen LogP contribution >= 0.6 is 15.9 Å². The molecule has 5 N–H and O–H groups in total. The molecular weight excluding hydrogens is 334 g/mol. The van der Waals surface area contributed by atoms with Gasteiger partial charge in [-0.3, -0.25) is 9.59 Å². The van der Waals surface area contributed by atoms with E-state index >= 15 is 0 Å². The molecule has 2 aromatic carbocycles. The van der Waals surface area contributed by atoms with Crippen LogP contribution in [-0.2, 0) is 0 Å². The van der Waals surface area contributed by atoms with E-state index in [9.17, 15) is 9.59 Å². The quantitative estimate of drug-likeness (QED) is 0.744. The predicted octanol–water partition coefficient (Wildman–Crippen LogP) is 2.69. The zero-order chi connectivity index (χ0) is 15.6. The molecule has 0 saturated carbocycles. The molecule has 0 aliphatic carbocycles. The molecule has 2 aromatic rings. The Bertz CT molecular complexity index is 712. The summed E-state index contributed by atoms with van der Waals surface area (Å²) in [5.74, 6) is -0.782. The van der Waals surface area contributed by atoms with E-state index < -0.39 is 5.91 Å². The largest absolute Gasteiger partial charge is 0.398 e. The number of hydrogen-bond donors (Lipinski definition) is 3. The van der Waals surface area contributed by atoms with Crippen LogP contribution in [0.1, 0.15) is 26.3 Å². The number of nitrogens with two attached hydrogens (primary N) is 2. The average molecular weight is 348 g/mol. The first-order valence-corrected chi connectivity index (χ1v) is 6.94. The highest BCUT2D eigenvalue weighted by Crippen LogP contribution is 2.23. The number of nitrogens with one attached hydrogen (secondary N) is 1. The fourth-order valence-electron chi connectivity index (χ4n) is 1.85. The van der Waals surface area contributed by atoms with E-state index in [1.807, 2.05) is 0 Å². The number of hydrogen-bond acceptors (Lipinski definition) is 3. The molecule has 0 fully saturated rings. The van der Waals surface area contributed by atoms with E-state index in [2.05, 4.69) is 21.2 Å². The number of rotatable bonds is 3. The molecule has 6 heteroatoms. The number of halogens is 1. The van der Waals surface area contributed by atoms with Crippen LogP contribution in [0.4, 0.5) is 11.4 Å². The first kappa shape index (κ1) is 15.1. The predicted molar refractivity (Wildman–Crippen MR) is 86.2 cm³/mol. The number of primary amides is 1. The number of carbonyl (C=O) groups excluding carboxylic acids is 2. The van der Waals surface area contributed by atoms with Gasteiger partial charge in [-0.2, -0.15) is 0 Å². The summed E-state index contributed by atoms with van der Waals surface area (Å²) in [5, 5.41) is 2.75. The van der Waals surface area contributed by atoms with Crippen molar-refractivity contribution in [2.45, 2.75) is 6.92 Å². The van der Waals surface area contributed by atoms with Gasteiger partial charge in [-0.05, 0) is 48.9 Å². The Labute approximate surface area is 130 Å². The molecular formula is C15H14BrN3O2. The van der Waals surface area contributed by atoms with Crippen molar-refractivity contribution in [2.75, 3.05) is 11.1 Å². The van der Waals surface area contributed by atoms with Crippen molar-refractivity contribution in [3.05, 3.63) is 57.6 Å². The third kappa shape index (κ3) is 3.41. The third-order valence-corrected chi connectivity index (χ3v) is 3.54. The van der Waals surface area contributed by atoms with E-state index in [-0.39, 0.29) is 5.91 Å². The maximum absolute atomic E-state index is 12.3. The van der Waals surface area contributed by atoms with E-state index in [0.717, 1.165) is 4.47 Å². The zero-order valence-corrected chi connectivity index (χ0v) is 12.9. The Morgan fingerprint density at radius 3 is 2.33 bits per heavy atom. The van der Waals surface area contributed by atoms with Crippen LogP contribution in [0.2, 0.25) is 0 Å². The summed E-state index contributed by atoms with van der Waals surface area (Å²) >= 11 is 3.31. The van der Waals surface area contributed by atoms with Gasteiger partial charge < -0.3 is 16.8 Å². The second-order valence-corrected chi connectivity index (χ2v) is 5.48. The second kappa shape index (κ2) is 5.97. The molecule has 0 bridgehead atoms. The summed E-state index contributed by atoms with van der Waals surface area (Å²) in [6.07, 6.45) is 0. The van der Waals surface area contributed by atoms with Gasteiger partial charge in [0, 0.05) is 27.0 Å². The Kier molecular flexibility index (Phi) is 4.28. The Balaban J connectivity index is 2.24. The standard InChI is InChI=1S/C15H14BrN3O2/c1-8-12(6-10(16)7-13(8)17)15(21)19-11-4-2-9(3-5-11)14(18)20/h2-7H,17H2,1H3,(H2,18,20)(H,19,21). The molecule has 2 rings (SSSR count). The zero-order valence-electron chi connectivity index (χ0n) is 11.3. The maximum Gasteiger partial charge on any atom is 0.256 e. The van der Waals surface area contributed by atoms with Crippen LogP contribution in [0.5, 0.6) is 0 Å². The van der Waals surface area contributed by atoms with Crippen LogP contribution in [-0.4, -0.2) is 11.8 Å². The van der Waals surface area contributed by atoms with Crippen LogP contribution in [0.3, 0.4) is 0 Å². The highest BCUT2D eigenvalue weighted by molar-refractivity contribution is 9.10. The number of carbonyl (C=O) groups is 2. The fraction of sp³-hybridized carbons (Fsp3) is 0.0667. The molecule has 0 radical (unpaired) electrons. The van der Waals surface area contributed by atoms with Crippen molar-refractivity contribution in [1.29, 1.82) is 0 Å². The lowest BCUT2D eigenvalue weighted by Gasteiger charge is -2.10. The van der Waals surface area contributed by atoms with Gasteiger partial charge in [0.15, 0.2) is 0 Å². The summed E-state index contributed by atoms with van der Waals surface area (Å²) in [7, 11) is 0. The highest BCUT2D eigenvalue weighted by atomic mass is 79.9. The Morgan fingerprint density at radius 1 is 1.14 bits per heavy atom. The molecule has 5 nitrogen and oxygen atoms in total. The minimum Gasteiger partial charge on any atom is -0.398 e. The molecule has 0 unspecified atom stereocenters. The number of nitrogen functional groups attached to an aromatic ring is 1. The molecule has 21 heavy (non-hydrogen) atoms. The first-order valence-electron chi connectivity index (χ1n) is 6.15. The van der Waals surface area contributed by atoms with E-state index in [4.69, 9.17) is 11.5 Å². The molecule has 0 aliphatic heterocycles. The van der Waals surface area contributed by atoms with E-state index in [0.29, 0.717) is 28.1 Å². The average Bonchev–Trinajstić information content (AvgIpc) is 2.43. The van der Waals surface area contributed by atoms with Gasteiger partial charge in [0.1, 0.15) is 0 Å². The minimum atomic E-state index is -0.511. The summed E-state index contributed by atoms with van der Waals surface area (Å²) in [4.78, 5) is 23.3.